The van der Waals surface area contributed by atoms with Crippen LogP contribution in [-0.4, -0.2) is 17.1 Å². The van der Waals surface area contributed by atoms with Crippen molar-refractivity contribution in [3.63, 3.8) is 0 Å². The standard InChI is InChI=1S/C14H20FNO2/c1-4-9(2)7-10(3)16-14(18)12-6-5-11(15)8-13(12)17/h5-6,8-10,17H,4,7H2,1-3H3,(H,16,18). The second-order valence-corrected chi connectivity index (χ2v) is 4.79. The van der Waals surface area contributed by atoms with Crippen LogP contribution >= 0.6 is 0 Å². The van der Waals surface area contributed by atoms with E-state index in [1.807, 2.05) is 6.92 Å². The molecule has 1 aromatic rings. The van der Waals surface area contributed by atoms with Crippen LogP contribution in [0, 0.1) is 11.7 Å². The third-order valence-electron chi connectivity index (χ3n) is 3.03. The number of aromatic hydroxyl groups is 1. The van der Waals surface area contributed by atoms with E-state index >= 15 is 0 Å². The molecule has 1 aromatic carbocycles. The molecule has 0 aliphatic rings. The Morgan fingerprint density at radius 2 is 2.11 bits per heavy atom. The molecule has 18 heavy (non-hydrogen) atoms. The zero-order valence-corrected chi connectivity index (χ0v) is 11.0. The van der Waals surface area contributed by atoms with Crippen molar-refractivity contribution in [3.05, 3.63) is 29.6 Å². The molecule has 0 fully saturated rings. The number of nitrogens with one attached hydrogen (secondary N) is 1. The summed E-state index contributed by atoms with van der Waals surface area (Å²) in [6.07, 6.45) is 1.94. The number of carbonyl (C=O) groups excluding carboxylic acids is 1. The van der Waals surface area contributed by atoms with Crippen LogP contribution in [0.4, 0.5) is 4.39 Å². The highest BCUT2D eigenvalue weighted by atomic mass is 19.1. The highest BCUT2D eigenvalue weighted by Gasteiger charge is 2.15. The minimum atomic E-state index is -0.559. The van der Waals surface area contributed by atoms with Crippen molar-refractivity contribution in [3.8, 4) is 5.75 Å². The molecule has 0 aromatic heterocycles. The fraction of sp³-hybridized carbons (Fsp3) is 0.500. The predicted octanol–water partition coefficient (Wildman–Crippen LogP) is 3.09. The van der Waals surface area contributed by atoms with Gasteiger partial charge in [0.1, 0.15) is 11.6 Å². The Labute approximate surface area is 107 Å². The van der Waals surface area contributed by atoms with Crippen molar-refractivity contribution < 1.29 is 14.3 Å². The molecule has 2 N–H and O–H groups in total. The zero-order chi connectivity index (χ0) is 13.7. The number of hydrogen-bond donors (Lipinski definition) is 2. The van der Waals surface area contributed by atoms with Gasteiger partial charge in [-0.25, -0.2) is 4.39 Å². The molecule has 0 saturated carbocycles. The molecule has 2 unspecified atom stereocenters. The van der Waals surface area contributed by atoms with E-state index < -0.39 is 5.82 Å². The summed E-state index contributed by atoms with van der Waals surface area (Å²) in [5.74, 6) is -0.731. The van der Waals surface area contributed by atoms with E-state index in [2.05, 4.69) is 19.2 Å². The lowest BCUT2D eigenvalue weighted by atomic mass is 10.00. The molecule has 100 valence electrons. The smallest absolute Gasteiger partial charge is 0.255 e. The molecule has 2 atom stereocenters. The summed E-state index contributed by atoms with van der Waals surface area (Å²) in [6, 6.07) is 3.41. The lowest BCUT2D eigenvalue weighted by Gasteiger charge is -2.17. The van der Waals surface area contributed by atoms with Gasteiger partial charge in [-0.1, -0.05) is 20.3 Å². The molecular weight excluding hydrogens is 233 g/mol. The summed E-state index contributed by atoms with van der Waals surface area (Å²) >= 11 is 0. The molecule has 0 bridgehead atoms. The lowest BCUT2D eigenvalue weighted by Crippen LogP contribution is -2.33. The average Bonchev–Trinajstić information content (AvgIpc) is 2.28. The van der Waals surface area contributed by atoms with Gasteiger partial charge in [0.15, 0.2) is 0 Å². The maximum atomic E-state index is 12.8. The van der Waals surface area contributed by atoms with Crippen LogP contribution in [-0.2, 0) is 0 Å². The summed E-state index contributed by atoms with van der Waals surface area (Å²) in [6.45, 7) is 6.15. The van der Waals surface area contributed by atoms with Crippen LogP contribution in [0.2, 0.25) is 0 Å². The fourth-order valence-corrected chi connectivity index (χ4v) is 1.83. The number of carbonyl (C=O) groups is 1. The fourth-order valence-electron chi connectivity index (χ4n) is 1.83. The number of hydrogen-bond acceptors (Lipinski definition) is 2. The van der Waals surface area contributed by atoms with Gasteiger partial charge in [-0.3, -0.25) is 4.79 Å². The third-order valence-corrected chi connectivity index (χ3v) is 3.03. The molecule has 0 heterocycles. The van der Waals surface area contributed by atoms with Crippen LogP contribution in [0.1, 0.15) is 44.0 Å². The zero-order valence-electron chi connectivity index (χ0n) is 11.0. The van der Waals surface area contributed by atoms with E-state index in [4.69, 9.17) is 0 Å². The van der Waals surface area contributed by atoms with Crippen LogP contribution in [0.15, 0.2) is 18.2 Å². The second-order valence-electron chi connectivity index (χ2n) is 4.79. The number of amides is 1. The van der Waals surface area contributed by atoms with Gasteiger partial charge in [-0.2, -0.15) is 0 Å². The number of phenols is 1. The SMILES string of the molecule is CCC(C)CC(C)NC(=O)c1ccc(F)cc1O. The van der Waals surface area contributed by atoms with Gasteiger partial charge in [-0.05, 0) is 31.4 Å². The van der Waals surface area contributed by atoms with Crippen LogP contribution in [0.5, 0.6) is 5.75 Å². The summed E-state index contributed by atoms with van der Waals surface area (Å²) in [5, 5.41) is 12.3. The van der Waals surface area contributed by atoms with E-state index in [-0.39, 0.29) is 23.3 Å². The minimum Gasteiger partial charge on any atom is -0.507 e. The van der Waals surface area contributed by atoms with Crippen molar-refractivity contribution in [2.75, 3.05) is 0 Å². The van der Waals surface area contributed by atoms with Crippen molar-refractivity contribution in [2.45, 2.75) is 39.7 Å². The lowest BCUT2D eigenvalue weighted by molar-refractivity contribution is 0.0932. The van der Waals surface area contributed by atoms with Gasteiger partial charge in [-0.15, -0.1) is 0 Å². The third kappa shape index (κ3) is 4.02. The van der Waals surface area contributed by atoms with Gasteiger partial charge >= 0.3 is 0 Å². The van der Waals surface area contributed by atoms with Crippen LogP contribution < -0.4 is 5.32 Å². The van der Waals surface area contributed by atoms with E-state index in [1.165, 1.54) is 6.07 Å². The van der Waals surface area contributed by atoms with Crippen molar-refractivity contribution in [2.24, 2.45) is 5.92 Å². The second kappa shape index (κ2) is 6.38. The maximum absolute atomic E-state index is 12.8. The number of rotatable bonds is 5. The van der Waals surface area contributed by atoms with Gasteiger partial charge in [0.2, 0.25) is 0 Å². The molecule has 3 nitrogen and oxygen atoms in total. The summed E-state index contributed by atoms with van der Waals surface area (Å²) in [7, 11) is 0. The first kappa shape index (κ1) is 14.5. The first-order valence-corrected chi connectivity index (χ1v) is 6.23. The minimum absolute atomic E-state index is 0.0249. The Kier molecular flexibility index (Phi) is 5.13. The quantitative estimate of drug-likeness (QED) is 0.847. The van der Waals surface area contributed by atoms with Gasteiger partial charge < -0.3 is 10.4 Å². The average molecular weight is 253 g/mol. The first-order valence-electron chi connectivity index (χ1n) is 6.23. The van der Waals surface area contributed by atoms with Crippen molar-refractivity contribution in [1.29, 1.82) is 0 Å². The van der Waals surface area contributed by atoms with Crippen molar-refractivity contribution >= 4 is 5.91 Å². The Balaban J connectivity index is 2.65. The van der Waals surface area contributed by atoms with E-state index in [0.29, 0.717) is 5.92 Å². The monoisotopic (exact) mass is 253 g/mol. The number of benzene rings is 1. The van der Waals surface area contributed by atoms with Crippen LogP contribution in [0.25, 0.3) is 0 Å². The van der Waals surface area contributed by atoms with Gasteiger partial charge in [0.05, 0.1) is 5.56 Å². The molecule has 1 amide bonds. The van der Waals surface area contributed by atoms with Gasteiger partial charge in [0, 0.05) is 12.1 Å². The Bertz CT molecular complexity index is 420. The molecule has 0 saturated heterocycles. The molecule has 0 radical (unpaired) electrons. The topological polar surface area (TPSA) is 49.3 Å². The van der Waals surface area contributed by atoms with Crippen molar-refractivity contribution in [1.82, 2.24) is 5.32 Å². The Morgan fingerprint density at radius 3 is 2.67 bits per heavy atom. The number of phenolic OH excluding ortho intramolecular Hbond substituents is 1. The highest BCUT2D eigenvalue weighted by Crippen LogP contribution is 2.18. The predicted molar refractivity (Wildman–Crippen MR) is 69.1 cm³/mol. The first-order chi connectivity index (χ1) is 8.43. The maximum Gasteiger partial charge on any atom is 0.255 e. The Hall–Kier alpha value is -1.58. The van der Waals surface area contributed by atoms with Crippen LogP contribution in [0.3, 0.4) is 0 Å². The number of halogens is 1. The molecule has 0 spiro atoms. The summed E-state index contributed by atoms with van der Waals surface area (Å²) in [4.78, 5) is 11.9. The molecule has 0 aliphatic heterocycles. The summed E-state index contributed by atoms with van der Waals surface area (Å²) < 4.78 is 12.8. The van der Waals surface area contributed by atoms with Gasteiger partial charge in [0.25, 0.3) is 5.91 Å². The Morgan fingerprint density at radius 1 is 1.44 bits per heavy atom. The molecular formula is C14H20FNO2. The van der Waals surface area contributed by atoms with E-state index in [0.717, 1.165) is 25.0 Å². The normalized spacial score (nSPS) is 14.0. The molecule has 0 aliphatic carbocycles. The summed E-state index contributed by atoms with van der Waals surface area (Å²) in [5.41, 5.74) is 0.104. The van der Waals surface area contributed by atoms with E-state index in [9.17, 15) is 14.3 Å². The largest absolute Gasteiger partial charge is 0.507 e. The highest BCUT2D eigenvalue weighted by molar-refractivity contribution is 5.96. The molecule has 1 rings (SSSR count). The van der Waals surface area contributed by atoms with E-state index in [1.54, 1.807) is 0 Å². The molecule has 4 heteroatoms.